The first kappa shape index (κ1) is 23.9. The van der Waals surface area contributed by atoms with Crippen LogP contribution in [-0.2, 0) is 0 Å². The molecule has 0 amide bonds. The maximum absolute atomic E-state index is 12.6. The SMILES string of the molecule is FC(F)Oc1ccc(Br)cc1C=Nc1ccc(N=Cc2cc(Br)ccc2OC(F)F)cc1. The zero-order valence-corrected chi connectivity index (χ0v) is 19.2. The maximum atomic E-state index is 12.6. The molecule has 166 valence electrons. The summed E-state index contributed by atoms with van der Waals surface area (Å²) < 4.78 is 60.7. The zero-order valence-electron chi connectivity index (χ0n) is 16.1. The molecule has 0 bridgehead atoms. The largest absolute Gasteiger partial charge is 0.434 e. The summed E-state index contributed by atoms with van der Waals surface area (Å²) in [6.45, 7) is -5.89. The number of nitrogens with zero attached hydrogens (tertiary/aromatic N) is 2. The molecule has 0 radical (unpaired) electrons. The molecule has 0 atom stereocenters. The Morgan fingerprint density at radius 2 is 1.00 bits per heavy atom. The van der Waals surface area contributed by atoms with Crippen LogP contribution in [0.1, 0.15) is 11.1 Å². The van der Waals surface area contributed by atoms with Crippen molar-refractivity contribution >= 4 is 55.7 Å². The minimum absolute atomic E-state index is 0.00372. The third-order valence-corrected chi connectivity index (χ3v) is 4.92. The van der Waals surface area contributed by atoms with E-state index in [2.05, 4.69) is 51.3 Å². The Bertz CT molecular complexity index is 1030. The fourth-order valence-electron chi connectivity index (χ4n) is 2.56. The summed E-state index contributed by atoms with van der Waals surface area (Å²) in [5.41, 5.74) is 1.86. The van der Waals surface area contributed by atoms with Crippen LogP contribution in [-0.4, -0.2) is 25.7 Å². The van der Waals surface area contributed by atoms with Crippen LogP contribution in [0.5, 0.6) is 11.5 Å². The Kier molecular flexibility index (Phi) is 8.40. The smallest absolute Gasteiger partial charge is 0.387 e. The Morgan fingerprint density at radius 3 is 1.34 bits per heavy atom. The van der Waals surface area contributed by atoms with E-state index in [1.54, 1.807) is 48.5 Å². The highest BCUT2D eigenvalue weighted by Gasteiger charge is 2.10. The first-order valence-electron chi connectivity index (χ1n) is 8.97. The molecule has 0 N–H and O–H groups in total. The van der Waals surface area contributed by atoms with Crippen molar-refractivity contribution in [1.29, 1.82) is 0 Å². The first-order valence-corrected chi connectivity index (χ1v) is 10.6. The van der Waals surface area contributed by atoms with E-state index in [0.717, 1.165) is 0 Å². The van der Waals surface area contributed by atoms with E-state index in [9.17, 15) is 17.6 Å². The van der Waals surface area contributed by atoms with Crippen molar-refractivity contribution in [2.75, 3.05) is 0 Å². The fraction of sp³-hybridized carbons (Fsp3) is 0.0909. The molecule has 0 aliphatic carbocycles. The lowest BCUT2D eigenvalue weighted by Crippen LogP contribution is -2.04. The molecule has 0 saturated heterocycles. The van der Waals surface area contributed by atoms with Gasteiger partial charge in [0.1, 0.15) is 11.5 Å². The molecular weight excluding hydrogens is 560 g/mol. The van der Waals surface area contributed by atoms with E-state index in [4.69, 9.17) is 0 Å². The van der Waals surface area contributed by atoms with Crippen molar-refractivity contribution in [3.63, 3.8) is 0 Å². The molecule has 0 aromatic heterocycles. The van der Waals surface area contributed by atoms with Crippen LogP contribution in [0.15, 0.2) is 79.6 Å². The summed E-state index contributed by atoms with van der Waals surface area (Å²) >= 11 is 6.57. The predicted molar refractivity (Wildman–Crippen MR) is 122 cm³/mol. The summed E-state index contributed by atoms with van der Waals surface area (Å²) in [6, 6.07) is 15.9. The van der Waals surface area contributed by atoms with E-state index in [1.807, 2.05) is 0 Å². The second kappa shape index (κ2) is 11.2. The first-order chi connectivity index (χ1) is 15.3. The standard InChI is InChI=1S/C22H14Br2F4N2O2/c23-15-1-7-19(31-21(25)26)13(9-15)11-29-17-3-5-18(6-4-17)30-12-14-10-16(24)2-8-20(14)32-22(27)28/h1-12,21-22H. The second-order valence-electron chi connectivity index (χ2n) is 6.15. The molecule has 0 heterocycles. The van der Waals surface area contributed by atoms with Crippen LogP contribution in [0.25, 0.3) is 0 Å². The van der Waals surface area contributed by atoms with Crippen LogP contribution in [0, 0.1) is 0 Å². The molecule has 0 saturated carbocycles. The fourth-order valence-corrected chi connectivity index (χ4v) is 3.32. The van der Waals surface area contributed by atoms with Crippen molar-refractivity contribution in [2.24, 2.45) is 9.98 Å². The lowest BCUT2D eigenvalue weighted by molar-refractivity contribution is -0.0506. The average Bonchev–Trinajstić information content (AvgIpc) is 2.74. The van der Waals surface area contributed by atoms with Crippen molar-refractivity contribution in [2.45, 2.75) is 13.2 Å². The normalized spacial score (nSPS) is 11.8. The highest BCUT2D eigenvalue weighted by molar-refractivity contribution is 9.10. The van der Waals surface area contributed by atoms with Crippen LogP contribution in [0.3, 0.4) is 0 Å². The van der Waals surface area contributed by atoms with Gasteiger partial charge in [-0.05, 0) is 60.7 Å². The lowest BCUT2D eigenvalue weighted by atomic mass is 10.2. The Morgan fingerprint density at radius 1 is 0.625 bits per heavy atom. The van der Waals surface area contributed by atoms with Gasteiger partial charge in [-0.3, -0.25) is 9.98 Å². The molecule has 3 rings (SSSR count). The summed E-state index contributed by atoms with van der Waals surface area (Å²) in [4.78, 5) is 8.54. The summed E-state index contributed by atoms with van der Waals surface area (Å²) in [5, 5.41) is 0. The van der Waals surface area contributed by atoms with Gasteiger partial charge >= 0.3 is 13.2 Å². The molecule has 0 aliphatic rings. The van der Waals surface area contributed by atoms with Gasteiger partial charge in [-0.15, -0.1) is 0 Å². The van der Waals surface area contributed by atoms with Crippen LogP contribution in [0.4, 0.5) is 28.9 Å². The minimum Gasteiger partial charge on any atom is -0.434 e. The Hall–Kier alpha value is -2.72. The molecule has 4 nitrogen and oxygen atoms in total. The third-order valence-electron chi connectivity index (χ3n) is 3.93. The van der Waals surface area contributed by atoms with Crippen LogP contribution < -0.4 is 9.47 Å². The van der Waals surface area contributed by atoms with E-state index >= 15 is 0 Å². The molecule has 0 fully saturated rings. The number of hydrogen-bond donors (Lipinski definition) is 0. The highest BCUT2D eigenvalue weighted by Crippen LogP contribution is 2.26. The van der Waals surface area contributed by atoms with Crippen molar-refractivity contribution < 1.29 is 27.0 Å². The molecule has 0 aliphatic heterocycles. The number of ether oxygens (including phenoxy) is 2. The molecule has 0 spiro atoms. The number of alkyl halides is 4. The van der Waals surface area contributed by atoms with E-state index in [-0.39, 0.29) is 11.5 Å². The molecule has 3 aromatic carbocycles. The second-order valence-corrected chi connectivity index (χ2v) is 7.99. The number of hydrogen-bond acceptors (Lipinski definition) is 4. The van der Waals surface area contributed by atoms with E-state index < -0.39 is 13.2 Å². The number of rotatable bonds is 8. The molecule has 32 heavy (non-hydrogen) atoms. The van der Waals surface area contributed by atoms with Gasteiger partial charge in [-0.1, -0.05) is 31.9 Å². The number of aliphatic imine (C=N–C) groups is 2. The van der Waals surface area contributed by atoms with Gasteiger partial charge in [0.25, 0.3) is 0 Å². The van der Waals surface area contributed by atoms with Gasteiger partial charge in [-0.25, -0.2) is 0 Å². The van der Waals surface area contributed by atoms with Gasteiger partial charge in [0.15, 0.2) is 0 Å². The molecule has 10 heteroatoms. The zero-order chi connectivity index (χ0) is 23.1. The average molecular weight is 574 g/mol. The topological polar surface area (TPSA) is 43.2 Å². The maximum Gasteiger partial charge on any atom is 0.387 e. The van der Waals surface area contributed by atoms with Gasteiger partial charge in [-0.2, -0.15) is 17.6 Å². The Labute approximate surface area is 197 Å². The van der Waals surface area contributed by atoms with Crippen LogP contribution in [0.2, 0.25) is 0 Å². The molecule has 0 unspecified atom stereocenters. The lowest BCUT2D eigenvalue weighted by Gasteiger charge is -2.08. The summed E-state index contributed by atoms with van der Waals surface area (Å²) in [5.74, 6) is 0.00743. The van der Waals surface area contributed by atoms with Crippen molar-refractivity contribution in [3.05, 3.63) is 80.7 Å². The predicted octanol–water partition coefficient (Wildman–Crippen LogP) is 7.92. The van der Waals surface area contributed by atoms with E-state index in [1.165, 1.54) is 24.6 Å². The monoisotopic (exact) mass is 572 g/mol. The van der Waals surface area contributed by atoms with Gasteiger partial charge in [0.2, 0.25) is 0 Å². The van der Waals surface area contributed by atoms with Gasteiger partial charge < -0.3 is 9.47 Å². The number of halogens is 6. The van der Waals surface area contributed by atoms with E-state index in [0.29, 0.717) is 31.4 Å². The molecular formula is C22H14Br2F4N2O2. The minimum atomic E-state index is -2.95. The third kappa shape index (κ3) is 7.16. The quantitative estimate of drug-likeness (QED) is 0.203. The summed E-state index contributed by atoms with van der Waals surface area (Å²) in [6.07, 6.45) is 2.83. The number of benzene rings is 3. The van der Waals surface area contributed by atoms with Gasteiger partial charge in [0, 0.05) is 32.5 Å². The highest BCUT2D eigenvalue weighted by atomic mass is 79.9. The summed E-state index contributed by atoms with van der Waals surface area (Å²) in [7, 11) is 0. The van der Waals surface area contributed by atoms with Crippen molar-refractivity contribution in [1.82, 2.24) is 0 Å². The molecule has 3 aromatic rings. The van der Waals surface area contributed by atoms with Crippen molar-refractivity contribution in [3.8, 4) is 11.5 Å². The van der Waals surface area contributed by atoms with Gasteiger partial charge in [0.05, 0.1) is 11.4 Å². The Balaban J connectivity index is 1.76. The van der Waals surface area contributed by atoms with Crippen LogP contribution >= 0.6 is 31.9 Å².